The average molecular weight is 417 g/mol. The summed E-state index contributed by atoms with van der Waals surface area (Å²) in [5.41, 5.74) is 2.92. The Morgan fingerprint density at radius 2 is 1.97 bits per heavy atom. The molecule has 0 spiro atoms. The van der Waals surface area contributed by atoms with Crippen LogP contribution >= 0.6 is 11.3 Å². The quantitative estimate of drug-likeness (QED) is 0.544. The Hall–Kier alpha value is -3.26. The molecule has 0 saturated carbocycles. The minimum absolute atomic E-state index is 0.102. The number of nitrogens with zero attached hydrogens (tertiary/aromatic N) is 1. The standard InChI is InChI=1S/C21H17F2NO4S/c1-27-18-8-5-14(10-15(18)11-20(25)26)17-12-29-19(24-17)9-4-13-2-6-16(7-3-13)28-21(22)23/h2-10,12,21H,11H2,1H3,(H,25,26)/b9-4+. The number of ether oxygens (including phenoxy) is 2. The van der Waals surface area contributed by atoms with E-state index < -0.39 is 12.6 Å². The Morgan fingerprint density at radius 3 is 2.62 bits per heavy atom. The first-order chi connectivity index (χ1) is 13.9. The molecule has 0 fully saturated rings. The first kappa shape index (κ1) is 20.5. The van der Waals surface area contributed by atoms with Gasteiger partial charge in [0.25, 0.3) is 0 Å². The second-order valence-electron chi connectivity index (χ2n) is 5.95. The molecule has 0 bridgehead atoms. The zero-order chi connectivity index (χ0) is 20.8. The molecule has 0 aliphatic rings. The van der Waals surface area contributed by atoms with Crippen molar-refractivity contribution < 1.29 is 28.2 Å². The minimum Gasteiger partial charge on any atom is -0.496 e. The number of hydrogen-bond acceptors (Lipinski definition) is 5. The third kappa shape index (κ3) is 5.61. The lowest BCUT2D eigenvalue weighted by Crippen LogP contribution is -2.02. The van der Waals surface area contributed by atoms with Crippen LogP contribution in [-0.2, 0) is 11.2 Å². The minimum atomic E-state index is -2.85. The van der Waals surface area contributed by atoms with Crippen molar-refractivity contribution in [2.75, 3.05) is 7.11 Å². The van der Waals surface area contributed by atoms with Gasteiger partial charge in [0.15, 0.2) is 0 Å². The number of rotatable bonds is 8. The monoisotopic (exact) mass is 417 g/mol. The maximum Gasteiger partial charge on any atom is 0.387 e. The maximum atomic E-state index is 12.2. The van der Waals surface area contributed by atoms with Crippen molar-refractivity contribution in [1.82, 2.24) is 4.98 Å². The van der Waals surface area contributed by atoms with Gasteiger partial charge in [-0.2, -0.15) is 8.78 Å². The lowest BCUT2D eigenvalue weighted by Gasteiger charge is -2.08. The van der Waals surface area contributed by atoms with Crippen molar-refractivity contribution in [3.63, 3.8) is 0 Å². The second kappa shape index (κ2) is 9.29. The normalized spacial score (nSPS) is 11.2. The molecule has 0 unspecified atom stereocenters. The van der Waals surface area contributed by atoms with Crippen molar-refractivity contribution in [1.29, 1.82) is 0 Å². The number of aliphatic carboxylic acids is 1. The lowest BCUT2D eigenvalue weighted by molar-refractivity contribution is -0.136. The fourth-order valence-corrected chi connectivity index (χ4v) is 3.38. The molecule has 8 heteroatoms. The van der Waals surface area contributed by atoms with E-state index in [1.54, 1.807) is 24.3 Å². The first-order valence-corrected chi connectivity index (χ1v) is 9.40. The zero-order valence-electron chi connectivity index (χ0n) is 15.3. The van der Waals surface area contributed by atoms with Crippen LogP contribution in [0.15, 0.2) is 47.8 Å². The summed E-state index contributed by atoms with van der Waals surface area (Å²) in [6, 6.07) is 11.6. The number of methoxy groups -OCH3 is 1. The smallest absolute Gasteiger partial charge is 0.387 e. The molecule has 0 aliphatic heterocycles. The predicted molar refractivity (Wildman–Crippen MR) is 107 cm³/mol. The molecule has 1 heterocycles. The summed E-state index contributed by atoms with van der Waals surface area (Å²) in [7, 11) is 1.50. The Balaban J connectivity index is 1.75. The fraction of sp³-hybridized carbons (Fsp3) is 0.143. The van der Waals surface area contributed by atoms with Gasteiger partial charge in [0.05, 0.1) is 19.2 Å². The van der Waals surface area contributed by atoms with Crippen LogP contribution in [0.4, 0.5) is 8.78 Å². The van der Waals surface area contributed by atoms with Crippen molar-refractivity contribution in [3.8, 4) is 22.8 Å². The number of thiazole rings is 1. The molecule has 0 saturated heterocycles. The number of benzene rings is 2. The molecule has 0 amide bonds. The van der Waals surface area contributed by atoms with E-state index in [9.17, 15) is 13.6 Å². The maximum absolute atomic E-state index is 12.2. The number of aromatic nitrogens is 1. The molecular formula is C21H17F2NO4S. The van der Waals surface area contributed by atoms with Gasteiger partial charge in [0.1, 0.15) is 16.5 Å². The number of carboxylic acids is 1. The topological polar surface area (TPSA) is 68.7 Å². The Morgan fingerprint density at radius 1 is 1.21 bits per heavy atom. The van der Waals surface area contributed by atoms with Crippen LogP contribution in [0.1, 0.15) is 16.1 Å². The third-order valence-electron chi connectivity index (χ3n) is 3.96. The molecule has 5 nitrogen and oxygen atoms in total. The highest BCUT2D eigenvalue weighted by atomic mass is 32.1. The lowest BCUT2D eigenvalue weighted by atomic mass is 10.1. The van der Waals surface area contributed by atoms with Crippen molar-refractivity contribution in [2.24, 2.45) is 0 Å². The van der Waals surface area contributed by atoms with Gasteiger partial charge >= 0.3 is 12.6 Å². The van der Waals surface area contributed by atoms with Gasteiger partial charge in [0.2, 0.25) is 0 Å². The Bertz CT molecular complexity index is 1020. The largest absolute Gasteiger partial charge is 0.496 e. The van der Waals surface area contributed by atoms with E-state index in [0.717, 1.165) is 21.8 Å². The van der Waals surface area contributed by atoms with E-state index in [4.69, 9.17) is 9.84 Å². The Labute approximate surface area is 169 Å². The van der Waals surface area contributed by atoms with Crippen molar-refractivity contribution in [2.45, 2.75) is 13.0 Å². The van der Waals surface area contributed by atoms with Gasteiger partial charge in [0, 0.05) is 16.5 Å². The summed E-state index contributed by atoms with van der Waals surface area (Å²) in [6.07, 6.45) is 3.50. The molecule has 3 rings (SSSR count). The number of halogens is 2. The van der Waals surface area contributed by atoms with Gasteiger partial charge in [-0.1, -0.05) is 18.2 Å². The highest BCUT2D eigenvalue weighted by Gasteiger charge is 2.11. The van der Waals surface area contributed by atoms with E-state index in [2.05, 4.69) is 9.72 Å². The number of hydrogen-bond donors (Lipinski definition) is 1. The molecule has 1 N–H and O–H groups in total. The summed E-state index contributed by atoms with van der Waals surface area (Å²) < 4.78 is 33.9. The highest BCUT2D eigenvalue weighted by molar-refractivity contribution is 7.10. The number of alkyl halides is 2. The summed E-state index contributed by atoms with van der Waals surface area (Å²) in [4.78, 5) is 15.6. The van der Waals surface area contributed by atoms with Crippen molar-refractivity contribution in [3.05, 3.63) is 64.0 Å². The summed E-state index contributed by atoms with van der Waals surface area (Å²) in [5.74, 6) is -0.316. The van der Waals surface area contributed by atoms with Gasteiger partial charge in [-0.25, -0.2) is 4.98 Å². The molecular weight excluding hydrogens is 400 g/mol. The van der Waals surface area contributed by atoms with Crippen LogP contribution in [0.25, 0.3) is 23.4 Å². The average Bonchev–Trinajstić information content (AvgIpc) is 3.15. The van der Waals surface area contributed by atoms with E-state index in [0.29, 0.717) is 11.3 Å². The summed E-state index contributed by atoms with van der Waals surface area (Å²) >= 11 is 1.44. The highest BCUT2D eigenvalue weighted by Crippen LogP contribution is 2.28. The predicted octanol–water partition coefficient (Wildman–Crippen LogP) is 5.22. The van der Waals surface area contributed by atoms with Crippen LogP contribution in [0, 0.1) is 0 Å². The zero-order valence-corrected chi connectivity index (χ0v) is 16.2. The molecule has 0 atom stereocenters. The van der Waals surface area contributed by atoms with Gasteiger partial charge in [-0.05, 0) is 42.0 Å². The number of carboxylic acid groups (broad SMARTS) is 1. The van der Waals surface area contributed by atoms with E-state index >= 15 is 0 Å². The van der Waals surface area contributed by atoms with Gasteiger partial charge in [-0.15, -0.1) is 11.3 Å². The van der Waals surface area contributed by atoms with Crippen LogP contribution in [0.2, 0.25) is 0 Å². The van der Waals surface area contributed by atoms with Gasteiger partial charge < -0.3 is 14.6 Å². The summed E-state index contributed by atoms with van der Waals surface area (Å²) in [6.45, 7) is -2.85. The molecule has 1 aromatic heterocycles. The third-order valence-corrected chi connectivity index (χ3v) is 4.77. The second-order valence-corrected chi connectivity index (χ2v) is 6.84. The molecule has 2 aromatic carbocycles. The van der Waals surface area contributed by atoms with E-state index in [-0.39, 0.29) is 12.2 Å². The molecule has 150 valence electrons. The fourth-order valence-electron chi connectivity index (χ4n) is 2.66. The number of carbonyl (C=O) groups is 1. The van der Waals surface area contributed by atoms with Crippen LogP contribution < -0.4 is 9.47 Å². The molecule has 0 radical (unpaired) electrons. The van der Waals surface area contributed by atoms with Gasteiger partial charge in [-0.3, -0.25) is 4.79 Å². The van der Waals surface area contributed by atoms with E-state index in [1.807, 2.05) is 23.6 Å². The van der Waals surface area contributed by atoms with Crippen LogP contribution in [-0.4, -0.2) is 29.8 Å². The first-order valence-electron chi connectivity index (χ1n) is 8.52. The van der Waals surface area contributed by atoms with Crippen LogP contribution in [0.3, 0.4) is 0 Å². The summed E-state index contributed by atoms with van der Waals surface area (Å²) in [5, 5.41) is 11.7. The van der Waals surface area contributed by atoms with E-state index in [1.165, 1.54) is 30.6 Å². The molecule has 29 heavy (non-hydrogen) atoms. The van der Waals surface area contributed by atoms with Crippen LogP contribution in [0.5, 0.6) is 11.5 Å². The molecule has 3 aromatic rings. The SMILES string of the molecule is COc1ccc(-c2csc(/C=C/c3ccc(OC(F)F)cc3)n2)cc1CC(=O)O. The van der Waals surface area contributed by atoms with Crippen molar-refractivity contribution >= 4 is 29.5 Å². The molecule has 0 aliphatic carbocycles. The Kier molecular flexibility index (Phi) is 6.56.